The van der Waals surface area contributed by atoms with Gasteiger partial charge in [0.15, 0.2) is 0 Å². The molecule has 3 heteroatoms. The molecule has 0 radical (unpaired) electrons. The van der Waals surface area contributed by atoms with Gasteiger partial charge in [0.2, 0.25) is 0 Å². The van der Waals surface area contributed by atoms with Crippen molar-refractivity contribution in [1.82, 2.24) is 4.90 Å². The molecule has 0 spiro atoms. The van der Waals surface area contributed by atoms with E-state index in [-0.39, 0.29) is 0 Å². The Labute approximate surface area is 186 Å². The summed E-state index contributed by atoms with van der Waals surface area (Å²) in [6, 6.07) is 16.4. The quantitative estimate of drug-likeness (QED) is 0.366. The summed E-state index contributed by atoms with van der Waals surface area (Å²) in [7, 11) is 0. The van der Waals surface area contributed by atoms with E-state index >= 15 is 8.78 Å². The highest BCUT2D eigenvalue weighted by molar-refractivity contribution is 5.44. The van der Waals surface area contributed by atoms with Gasteiger partial charge in [0, 0.05) is 6.54 Å². The summed E-state index contributed by atoms with van der Waals surface area (Å²) in [6.07, 6.45) is 8.10. The minimum absolute atomic E-state index is 0.585. The molecule has 2 saturated carbocycles. The van der Waals surface area contributed by atoms with Crippen molar-refractivity contribution in [3.8, 4) is 0 Å². The van der Waals surface area contributed by atoms with Crippen molar-refractivity contribution in [2.45, 2.75) is 82.5 Å². The van der Waals surface area contributed by atoms with Crippen LogP contribution in [0.15, 0.2) is 48.5 Å². The molecule has 168 valence electrons. The molecule has 2 aromatic carbocycles. The van der Waals surface area contributed by atoms with Gasteiger partial charge in [0.05, 0.1) is 0 Å². The van der Waals surface area contributed by atoms with Crippen molar-refractivity contribution in [2.75, 3.05) is 19.6 Å². The lowest BCUT2D eigenvalue weighted by molar-refractivity contribution is 0.0513. The van der Waals surface area contributed by atoms with Crippen LogP contribution in [-0.4, -0.2) is 24.5 Å². The Balaban J connectivity index is 1.45. The van der Waals surface area contributed by atoms with E-state index in [9.17, 15) is 0 Å². The van der Waals surface area contributed by atoms with E-state index < -0.39 is 11.3 Å². The number of alkyl halides is 2. The molecule has 1 nitrogen and oxygen atoms in total. The third-order valence-corrected chi connectivity index (χ3v) is 7.43. The van der Waals surface area contributed by atoms with Crippen molar-refractivity contribution in [2.24, 2.45) is 0 Å². The van der Waals surface area contributed by atoms with Crippen LogP contribution in [0.1, 0.15) is 80.5 Å². The van der Waals surface area contributed by atoms with Gasteiger partial charge in [-0.25, -0.2) is 8.78 Å². The topological polar surface area (TPSA) is 3.24 Å². The van der Waals surface area contributed by atoms with Gasteiger partial charge in [-0.3, -0.25) is 0 Å². The van der Waals surface area contributed by atoms with Crippen LogP contribution in [0.3, 0.4) is 0 Å². The van der Waals surface area contributed by atoms with E-state index in [4.69, 9.17) is 0 Å². The van der Waals surface area contributed by atoms with Crippen molar-refractivity contribution < 1.29 is 8.78 Å². The van der Waals surface area contributed by atoms with Crippen molar-refractivity contribution in [3.63, 3.8) is 0 Å². The fraction of sp³-hybridized carbons (Fsp3) is 0.571. The summed E-state index contributed by atoms with van der Waals surface area (Å²) in [6.45, 7) is 5.30. The number of nitrogens with zero attached hydrogens (tertiary/aromatic N) is 1. The molecule has 0 bridgehead atoms. The zero-order valence-corrected chi connectivity index (χ0v) is 19.0. The van der Waals surface area contributed by atoms with Gasteiger partial charge in [-0.05, 0) is 99.6 Å². The van der Waals surface area contributed by atoms with Crippen molar-refractivity contribution >= 4 is 0 Å². The van der Waals surface area contributed by atoms with Crippen molar-refractivity contribution in [3.05, 3.63) is 70.8 Å². The van der Waals surface area contributed by atoms with Crippen LogP contribution < -0.4 is 0 Å². The second-order valence-electron chi connectivity index (χ2n) is 9.65. The molecule has 0 heterocycles. The van der Waals surface area contributed by atoms with E-state index in [1.807, 2.05) is 18.2 Å². The molecule has 0 aromatic heterocycles. The molecule has 0 atom stereocenters. The lowest BCUT2D eigenvalue weighted by atomic mass is 9.69. The molecule has 2 aliphatic carbocycles. The van der Waals surface area contributed by atoms with Gasteiger partial charge >= 0.3 is 0 Å². The Morgan fingerprint density at radius 2 is 1.35 bits per heavy atom. The zero-order valence-electron chi connectivity index (χ0n) is 19.0. The zero-order chi connectivity index (χ0) is 21.7. The number of rotatable bonds is 11. The summed E-state index contributed by atoms with van der Waals surface area (Å²) < 4.78 is 30.9. The first-order valence-corrected chi connectivity index (χ1v) is 12.3. The van der Waals surface area contributed by atoms with E-state index in [2.05, 4.69) is 42.2 Å². The molecule has 0 amide bonds. The molecule has 0 unspecified atom stereocenters. The Hall–Kier alpha value is -1.74. The predicted octanol–water partition coefficient (Wildman–Crippen LogP) is 7.27. The Kier molecular flexibility index (Phi) is 7.11. The molecule has 31 heavy (non-hydrogen) atoms. The molecule has 2 aromatic rings. The average Bonchev–Trinajstić information content (AvgIpc) is 2.75. The van der Waals surface area contributed by atoms with Crippen LogP contribution in [0.5, 0.6) is 0 Å². The highest BCUT2D eigenvalue weighted by Gasteiger charge is 2.45. The highest BCUT2D eigenvalue weighted by atomic mass is 19.1. The predicted molar refractivity (Wildman–Crippen MR) is 125 cm³/mol. The van der Waals surface area contributed by atoms with Gasteiger partial charge in [0.25, 0.3) is 0 Å². The molecule has 2 aliphatic rings. The maximum Gasteiger partial charge on any atom is 0.136 e. The molecule has 0 saturated heterocycles. The minimum Gasteiger partial charge on any atom is -0.303 e. The first kappa shape index (κ1) is 22.5. The van der Waals surface area contributed by atoms with Crippen LogP contribution in [0.25, 0.3) is 0 Å². The maximum atomic E-state index is 15.5. The Morgan fingerprint density at radius 1 is 0.742 bits per heavy atom. The van der Waals surface area contributed by atoms with E-state index in [0.29, 0.717) is 25.7 Å². The molecule has 0 aliphatic heterocycles. The van der Waals surface area contributed by atoms with Crippen LogP contribution in [0.4, 0.5) is 8.78 Å². The summed E-state index contributed by atoms with van der Waals surface area (Å²) in [5.74, 6) is 0. The first-order valence-electron chi connectivity index (χ1n) is 12.3. The van der Waals surface area contributed by atoms with Crippen molar-refractivity contribution in [1.29, 1.82) is 0 Å². The standard InChI is InChI=1S/C28H37F2N/c1-2-20-31(22-15-23-10-4-3-5-11-23)21-7-12-24-25(27(29)16-8-17-27)13-6-14-26(24)28(30)18-9-19-28/h3-6,10-11,13-14H,2,7-9,12,15-22H2,1H3. The number of hydrogen-bond donors (Lipinski definition) is 0. The second kappa shape index (κ2) is 9.81. The van der Waals surface area contributed by atoms with Gasteiger partial charge in [-0.1, -0.05) is 55.5 Å². The van der Waals surface area contributed by atoms with E-state index in [0.717, 1.165) is 74.8 Å². The second-order valence-corrected chi connectivity index (χ2v) is 9.65. The third kappa shape index (κ3) is 5.03. The molecular formula is C28H37F2N. The van der Waals surface area contributed by atoms with Gasteiger partial charge in [0.1, 0.15) is 11.3 Å². The Bertz CT molecular complexity index is 801. The number of benzene rings is 2. The van der Waals surface area contributed by atoms with Gasteiger partial charge in [-0.2, -0.15) is 0 Å². The van der Waals surface area contributed by atoms with Crippen LogP contribution in [0, 0.1) is 0 Å². The summed E-state index contributed by atoms with van der Waals surface area (Å²) >= 11 is 0. The Morgan fingerprint density at radius 3 is 1.87 bits per heavy atom. The molecule has 2 fully saturated rings. The van der Waals surface area contributed by atoms with Crippen LogP contribution in [-0.2, 0) is 24.2 Å². The molecule has 0 N–H and O–H groups in total. The summed E-state index contributed by atoms with van der Waals surface area (Å²) in [5.41, 5.74) is 1.44. The van der Waals surface area contributed by atoms with E-state index in [1.165, 1.54) is 5.56 Å². The average molecular weight is 426 g/mol. The van der Waals surface area contributed by atoms with Gasteiger partial charge in [-0.15, -0.1) is 0 Å². The fourth-order valence-electron chi connectivity index (χ4n) is 5.27. The maximum absolute atomic E-state index is 15.5. The molecule has 4 rings (SSSR count). The summed E-state index contributed by atoms with van der Waals surface area (Å²) in [5, 5.41) is 0. The minimum atomic E-state index is -1.23. The molecular weight excluding hydrogens is 388 g/mol. The smallest absolute Gasteiger partial charge is 0.136 e. The largest absolute Gasteiger partial charge is 0.303 e. The fourth-order valence-corrected chi connectivity index (χ4v) is 5.27. The monoisotopic (exact) mass is 425 g/mol. The lowest BCUT2D eigenvalue weighted by Gasteiger charge is -2.40. The summed E-state index contributed by atoms with van der Waals surface area (Å²) in [4.78, 5) is 2.51. The number of hydrogen-bond acceptors (Lipinski definition) is 1. The highest BCUT2D eigenvalue weighted by Crippen LogP contribution is 2.51. The normalized spacial score (nSPS) is 19.1. The third-order valence-electron chi connectivity index (χ3n) is 7.43. The SMILES string of the molecule is CCCN(CCCc1c(C2(F)CCC2)cccc1C1(F)CCC1)CCc1ccccc1. The first-order chi connectivity index (χ1) is 15.0. The van der Waals surface area contributed by atoms with Crippen LogP contribution in [0.2, 0.25) is 0 Å². The van der Waals surface area contributed by atoms with Gasteiger partial charge < -0.3 is 4.90 Å². The van der Waals surface area contributed by atoms with Crippen LogP contribution >= 0.6 is 0 Å². The lowest BCUT2D eigenvalue weighted by Crippen LogP contribution is -2.35. The number of halogens is 2. The van der Waals surface area contributed by atoms with E-state index in [1.54, 1.807) is 0 Å².